The lowest BCUT2D eigenvalue weighted by Crippen LogP contribution is -2.30. The number of nitrogens with zero attached hydrogens (tertiary/aromatic N) is 1. The Morgan fingerprint density at radius 3 is 2.75 bits per heavy atom. The smallest absolute Gasteiger partial charge is 0.344 e. The Labute approximate surface area is 145 Å². The summed E-state index contributed by atoms with van der Waals surface area (Å²) >= 11 is -2.28. The van der Waals surface area contributed by atoms with Crippen LogP contribution < -0.4 is 4.74 Å². The SMILES string of the molecule is CN([C@@H]1CCCc2c(OCC(=O)OC(C)(C)C)cccc21)S(=O)[O-]. The molecule has 0 aromatic heterocycles. The summed E-state index contributed by atoms with van der Waals surface area (Å²) in [6.45, 7) is 5.25. The van der Waals surface area contributed by atoms with Gasteiger partial charge in [0.15, 0.2) is 6.61 Å². The fourth-order valence-electron chi connectivity index (χ4n) is 2.91. The van der Waals surface area contributed by atoms with Crippen LogP contribution in [0.3, 0.4) is 0 Å². The average molecular weight is 354 g/mol. The third-order valence-electron chi connectivity index (χ3n) is 3.87. The van der Waals surface area contributed by atoms with Gasteiger partial charge in [0.2, 0.25) is 0 Å². The van der Waals surface area contributed by atoms with Crippen molar-refractivity contribution in [2.24, 2.45) is 0 Å². The Balaban J connectivity index is 2.15. The van der Waals surface area contributed by atoms with Crippen LogP contribution in [0.5, 0.6) is 5.75 Å². The summed E-state index contributed by atoms with van der Waals surface area (Å²) in [5, 5.41) is 0. The molecular formula is C17H24NO5S-. The van der Waals surface area contributed by atoms with Crippen LogP contribution in [-0.4, -0.2) is 38.3 Å². The molecule has 1 unspecified atom stereocenters. The van der Waals surface area contributed by atoms with Gasteiger partial charge >= 0.3 is 5.97 Å². The molecule has 0 fully saturated rings. The number of carbonyl (C=O) groups is 1. The van der Waals surface area contributed by atoms with E-state index in [0.29, 0.717) is 5.75 Å². The van der Waals surface area contributed by atoms with E-state index < -0.39 is 22.8 Å². The molecule has 0 spiro atoms. The van der Waals surface area contributed by atoms with Crippen molar-refractivity contribution >= 4 is 17.2 Å². The average Bonchev–Trinajstić information content (AvgIpc) is 2.49. The van der Waals surface area contributed by atoms with Gasteiger partial charge in [-0.3, -0.25) is 4.21 Å². The molecule has 1 aliphatic rings. The standard InChI is InChI=1S/C17H25NO5S/c1-17(2,3)23-16(19)11-22-15-10-6-7-12-13(15)8-5-9-14(12)18(4)24(20)21/h6-7,10,14H,5,8-9,11H2,1-4H3,(H,20,21)/p-1/t14-/m1/s1. The largest absolute Gasteiger partial charge is 0.760 e. The number of fused-ring (bicyclic) bond motifs is 1. The maximum Gasteiger partial charge on any atom is 0.344 e. The lowest BCUT2D eigenvalue weighted by atomic mass is 9.87. The zero-order valence-electron chi connectivity index (χ0n) is 14.5. The highest BCUT2D eigenvalue weighted by molar-refractivity contribution is 7.76. The molecule has 2 atom stereocenters. The number of ether oxygens (including phenoxy) is 2. The Morgan fingerprint density at radius 2 is 2.12 bits per heavy atom. The minimum atomic E-state index is -2.28. The Hall–Kier alpha value is -1.44. The molecule has 134 valence electrons. The molecule has 2 rings (SSSR count). The number of hydrogen-bond donors (Lipinski definition) is 0. The molecule has 0 saturated carbocycles. The number of esters is 1. The summed E-state index contributed by atoms with van der Waals surface area (Å²) in [5.41, 5.74) is 1.35. The van der Waals surface area contributed by atoms with E-state index in [1.807, 2.05) is 12.1 Å². The van der Waals surface area contributed by atoms with E-state index in [4.69, 9.17) is 9.47 Å². The molecule has 0 amide bonds. The minimum absolute atomic E-state index is 0.165. The second-order valence-corrected chi connectivity index (χ2v) is 7.88. The van der Waals surface area contributed by atoms with Gasteiger partial charge < -0.3 is 14.0 Å². The van der Waals surface area contributed by atoms with Crippen LogP contribution in [0.2, 0.25) is 0 Å². The van der Waals surface area contributed by atoms with Crippen LogP contribution in [0.1, 0.15) is 50.8 Å². The van der Waals surface area contributed by atoms with Gasteiger partial charge in [-0.2, -0.15) is 0 Å². The highest BCUT2D eigenvalue weighted by atomic mass is 32.2. The van der Waals surface area contributed by atoms with E-state index in [1.54, 1.807) is 33.9 Å². The first-order chi connectivity index (χ1) is 11.2. The predicted octanol–water partition coefficient (Wildman–Crippen LogP) is 2.51. The quantitative estimate of drug-likeness (QED) is 0.600. The van der Waals surface area contributed by atoms with Crippen molar-refractivity contribution in [3.05, 3.63) is 29.3 Å². The van der Waals surface area contributed by atoms with Gasteiger partial charge in [0, 0.05) is 17.3 Å². The van der Waals surface area contributed by atoms with Crippen molar-refractivity contribution in [3.63, 3.8) is 0 Å². The van der Waals surface area contributed by atoms with Gasteiger partial charge in [-0.05, 0) is 64.3 Å². The summed E-state index contributed by atoms with van der Waals surface area (Å²) in [6.07, 6.45) is 2.44. The van der Waals surface area contributed by atoms with Gasteiger partial charge in [-0.25, -0.2) is 9.10 Å². The van der Waals surface area contributed by atoms with Crippen molar-refractivity contribution in [1.29, 1.82) is 0 Å². The van der Waals surface area contributed by atoms with Crippen LogP contribution in [0, 0.1) is 0 Å². The van der Waals surface area contributed by atoms with Crippen molar-refractivity contribution < 1.29 is 23.0 Å². The predicted molar refractivity (Wildman–Crippen MR) is 90.1 cm³/mol. The van der Waals surface area contributed by atoms with Crippen molar-refractivity contribution in [1.82, 2.24) is 4.31 Å². The molecule has 0 bridgehead atoms. The number of hydrogen-bond acceptors (Lipinski definition) is 5. The van der Waals surface area contributed by atoms with E-state index in [2.05, 4.69) is 0 Å². The van der Waals surface area contributed by atoms with E-state index in [1.165, 1.54) is 4.31 Å². The van der Waals surface area contributed by atoms with Gasteiger partial charge in [0.25, 0.3) is 0 Å². The summed E-state index contributed by atoms with van der Waals surface area (Å²) in [5.74, 6) is 0.193. The van der Waals surface area contributed by atoms with Gasteiger partial charge in [-0.15, -0.1) is 0 Å². The molecule has 0 saturated heterocycles. The number of carbonyl (C=O) groups excluding carboxylic acids is 1. The number of benzene rings is 1. The molecule has 7 heteroatoms. The zero-order chi connectivity index (χ0) is 17.9. The normalized spacial score (nSPS) is 18.8. The Morgan fingerprint density at radius 1 is 1.42 bits per heavy atom. The minimum Gasteiger partial charge on any atom is -0.760 e. The molecule has 1 aromatic carbocycles. The third kappa shape index (κ3) is 4.78. The molecule has 0 heterocycles. The molecule has 1 aliphatic carbocycles. The zero-order valence-corrected chi connectivity index (χ0v) is 15.4. The maximum absolute atomic E-state index is 11.8. The first-order valence-corrected chi connectivity index (χ1v) is 9.01. The molecule has 0 N–H and O–H groups in total. The van der Waals surface area contributed by atoms with Crippen LogP contribution in [0.15, 0.2) is 18.2 Å². The maximum atomic E-state index is 11.8. The lowest BCUT2D eigenvalue weighted by Gasteiger charge is -2.34. The van der Waals surface area contributed by atoms with E-state index in [9.17, 15) is 13.6 Å². The highest BCUT2D eigenvalue weighted by Gasteiger charge is 2.27. The topological polar surface area (TPSA) is 78.9 Å². The fraction of sp³-hybridized carbons (Fsp3) is 0.588. The highest BCUT2D eigenvalue weighted by Crippen LogP contribution is 2.38. The van der Waals surface area contributed by atoms with Crippen LogP contribution in [0.4, 0.5) is 0 Å². The van der Waals surface area contributed by atoms with E-state index in [-0.39, 0.29) is 12.6 Å². The lowest BCUT2D eigenvalue weighted by molar-refractivity contribution is -0.157. The monoisotopic (exact) mass is 354 g/mol. The van der Waals surface area contributed by atoms with E-state index >= 15 is 0 Å². The molecule has 6 nitrogen and oxygen atoms in total. The van der Waals surface area contributed by atoms with Crippen molar-refractivity contribution in [2.75, 3.05) is 13.7 Å². The Kier molecular flexibility index (Phi) is 6.01. The molecule has 24 heavy (non-hydrogen) atoms. The second kappa shape index (κ2) is 7.63. The summed E-state index contributed by atoms with van der Waals surface area (Å²) in [4.78, 5) is 11.8. The third-order valence-corrected chi connectivity index (χ3v) is 4.60. The van der Waals surface area contributed by atoms with Gasteiger partial charge in [0.1, 0.15) is 11.4 Å². The van der Waals surface area contributed by atoms with Crippen LogP contribution in [-0.2, 0) is 27.2 Å². The van der Waals surface area contributed by atoms with E-state index in [0.717, 1.165) is 30.4 Å². The summed E-state index contributed by atoms with van der Waals surface area (Å²) in [7, 11) is 1.57. The van der Waals surface area contributed by atoms with Crippen LogP contribution in [0.25, 0.3) is 0 Å². The van der Waals surface area contributed by atoms with Gasteiger partial charge in [-0.1, -0.05) is 12.1 Å². The first-order valence-electron chi connectivity index (χ1n) is 7.97. The second-order valence-electron chi connectivity index (χ2n) is 6.87. The fourth-order valence-corrected chi connectivity index (χ4v) is 3.34. The van der Waals surface area contributed by atoms with Crippen LogP contribution >= 0.6 is 0 Å². The Bertz CT molecular complexity index is 626. The molecule has 0 radical (unpaired) electrons. The van der Waals surface area contributed by atoms with Crippen molar-refractivity contribution in [3.8, 4) is 5.75 Å². The van der Waals surface area contributed by atoms with Gasteiger partial charge in [0.05, 0.1) is 0 Å². The first kappa shape index (κ1) is 18.9. The molecule has 0 aliphatic heterocycles. The van der Waals surface area contributed by atoms with Crippen molar-refractivity contribution in [2.45, 2.75) is 51.7 Å². The number of rotatable bonds is 5. The molecule has 1 aromatic rings. The summed E-state index contributed by atoms with van der Waals surface area (Å²) in [6, 6.07) is 5.35. The molecular weight excluding hydrogens is 330 g/mol. The summed E-state index contributed by atoms with van der Waals surface area (Å²) < 4.78 is 34.8.